The highest BCUT2D eigenvalue weighted by Gasteiger charge is 2.49. The molecule has 2 aliphatic rings. The monoisotopic (exact) mass is 360 g/mol. The van der Waals surface area contributed by atoms with Crippen LogP contribution in [0.1, 0.15) is 43.7 Å². The highest BCUT2D eigenvalue weighted by molar-refractivity contribution is 5.83. The number of benzene rings is 1. The van der Waals surface area contributed by atoms with E-state index in [1.165, 1.54) is 19.3 Å². The zero-order chi connectivity index (χ0) is 18.2. The third-order valence-corrected chi connectivity index (χ3v) is 5.78. The third kappa shape index (κ3) is 4.64. The number of nitrogens with one attached hydrogen (secondary N) is 2. The van der Waals surface area contributed by atoms with Crippen LogP contribution < -0.4 is 10.6 Å². The van der Waals surface area contributed by atoms with Gasteiger partial charge in [0.25, 0.3) is 0 Å². The van der Waals surface area contributed by atoms with E-state index in [2.05, 4.69) is 28.8 Å². The summed E-state index contributed by atoms with van der Waals surface area (Å²) in [7, 11) is 0. The molecule has 1 aliphatic carbocycles. The number of carbonyl (C=O) groups is 1. The molecule has 1 aromatic rings. The first kappa shape index (κ1) is 19.3. The van der Waals surface area contributed by atoms with Crippen molar-refractivity contribution in [3.8, 4) is 0 Å². The van der Waals surface area contributed by atoms with Crippen LogP contribution in [-0.2, 0) is 27.4 Å². The molecule has 0 spiro atoms. The summed E-state index contributed by atoms with van der Waals surface area (Å²) in [4.78, 5) is 12.9. The first-order chi connectivity index (χ1) is 12.7. The topological polar surface area (TPSA) is 59.6 Å². The van der Waals surface area contributed by atoms with Gasteiger partial charge in [-0.15, -0.1) is 0 Å². The molecule has 1 aromatic carbocycles. The molecule has 1 saturated heterocycles. The zero-order valence-corrected chi connectivity index (χ0v) is 15.9. The predicted molar refractivity (Wildman–Crippen MR) is 102 cm³/mol. The van der Waals surface area contributed by atoms with Crippen molar-refractivity contribution in [2.45, 2.75) is 45.8 Å². The Bertz CT molecular complexity index is 592. The lowest BCUT2D eigenvalue weighted by Crippen LogP contribution is -2.47. The van der Waals surface area contributed by atoms with Crippen molar-refractivity contribution in [3.05, 3.63) is 35.4 Å². The van der Waals surface area contributed by atoms with Crippen molar-refractivity contribution in [1.82, 2.24) is 10.6 Å². The van der Waals surface area contributed by atoms with E-state index < -0.39 is 0 Å². The minimum absolute atomic E-state index is 0.182. The average molecular weight is 360 g/mol. The molecule has 26 heavy (non-hydrogen) atoms. The molecule has 2 N–H and O–H groups in total. The molecule has 0 bridgehead atoms. The second-order valence-electron chi connectivity index (χ2n) is 7.48. The van der Waals surface area contributed by atoms with Crippen LogP contribution in [0.2, 0.25) is 0 Å². The molecular weight excluding hydrogens is 328 g/mol. The Hall–Kier alpha value is -1.43. The van der Waals surface area contributed by atoms with Crippen LogP contribution in [-0.4, -0.2) is 38.8 Å². The molecule has 144 valence electrons. The number of ether oxygens (including phenoxy) is 2. The van der Waals surface area contributed by atoms with Crippen LogP contribution in [0.25, 0.3) is 0 Å². The Morgan fingerprint density at radius 2 is 2.12 bits per heavy atom. The van der Waals surface area contributed by atoms with Gasteiger partial charge in [0.15, 0.2) is 0 Å². The van der Waals surface area contributed by atoms with Crippen molar-refractivity contribution in [1.29, 1.82) is 0 Å². The second kappa shape index (κ2) is 9.49. The summed E-state index contributed by atoms with van der Waals surface area (Å²) in [6, 6.07) is 8.26. The number of rotatable bonds is 9. The quantitative estimate of drug-likeness (QED) is 0.665. The van der Waals surface area contributed by atoms with E-state index >= 15 is 0 Å². The largest absolute Gasteiger partial charge is 0.379 e. The van der Waals surface area contributed by atoms with Crippen molar-refractivity contribution < 1.29 is 14.3 Å². The summed E-state index contributed by atoms with van der Waals surface area (Å²) < 4.78 is 10.9. The van der Waals surface area contributed by atoms with Crippen LogP contribution in [0.5, 0.6) is 0 Å². The minimum Gasteiger partial charge on any atom is -0.379 e. The maximum atomic E-state index is 12.9. The predicted octanol–water partition coefficient (Wildman–Crippen LogP) is 2.64. The van der Waals surface area contributed by atoms with Gasteiger partial charge in [-0.2, -0.15) is 0 Å². The lowest BCUT2D eigenvalue weighted by molar-refractivity contribution is -0.134. The van der Waals surface area contributed by atoms with E-state index in [1.807, 2.05) is 13.0 Å². The number of fused-ring (bicyclic) bond motifs is 1. The van der Waals surface area contributed by atoms with Gasteiger partial charge in [0.1, 0.15) is 0 Å². The first-order valence-corrected chi connectivity index (χ1v) is 9.97. The van der Waals surface area contributed by atoms with Gasteiger partial charge in [-0.1, -0.05) is 37.1 Å². The summed E-state index contributed by atoms with van der Waals surface area (Å²) in [5.41, 5.74) is 2.07. The molecule has 0 unspecified atom stereocenters. The molecule has 1 heterocycles. The van der Waals surface area contributed by atoms with Crippen LogP contribution in [0.15, 0.2) is 24.3 Å². The Balaban J connectivity index is 1.50. The maximum absolute atomic E-state index is 12.9. The third-order valence-electron chi connectivity index (χ3n) is 5.78. The van der Waals surface area contributed by atoms with Crippen molar-refractivity contribution in [3.63, 3.8) is 0 Å². The summed E-state index contributed by atoms with van der Waals surface area (Å²) >= 11 is 0. The molecule has 0 aromatic heterocycles. The van der Waals surface area contributed by atoms with Crippen LogP contribution in [0.3, 0.4) is 0 Å². The van der Waals surface area contributed by atoms with Crippen molar-refractivity contribution in [2.75, 3.05) is 32.9 Å². The van der Waals surface area contributed by atoms with Crippen molar-refractivity contribution >= 4 is 5.91 Å². The molecule has 5 nitrogen and oxygen atoms in total. The SMILES string of the molecule is CCOCCOCc1cccc(CNC(=O)[C@@]23CCCC[C@H]2CNC3)c1. The summed E-state index contributed by atoms with van der Waals surface area (Å²) in [5, 5.41) is 6.65. The van der Waals surface area contributed by atoms with Gasteiger partial charge >= 0.3 is 0 Å². The fourth-order valence-electron chi connectivity index (χ4n) is 4.33. The molecule has 1 saturated carbocycles. The van der Waals surface area contributed by atoms with E-state index in [0.29, 0.717) is 32.3 Å². The van der Waals surface area contributed by atoms with Gasteiger partial charge in [-0.05, 0) is 43.4 Å². The maximum Gasteiger partial charge on any atom is 0.228 e. The smallest absolute Gasteiger partial charge is 0.228 e. The molecule has 1 amide bonds. The first-order valence-electron chi connectivity index (χ1n) is 9.97. The van der Waals surface area contributed by atoms with Crippen LogP contribution >= 0.6 is 0 Å². The Morgan fingerprint density at radius 1 is 1.27 bits per heavy atom. The second-order valence-corrected chi connectivity index (χ2v) is 7.48. The van der Waals surface area contributed by atoms with Gasteiger partial charge in [0, 0.05) is 19.7 Å². The highest BCUT2D eigenvalue weighted by atomic mass is 16.5. The van der Waals surface area contributed by atoms with Crippen LogP contribution in [0.4, 0.5) is 0 Å². The fourth-order valence-corrected chi connectivity index (χ4v) is 4.33. The van der Waals surface area contributed by atoms with Gasteiger partial charge in [0.2, 0.25) is 5.91 Å². The Kier molecular flexibility index (Phi) is 7.06. The van der Waals surface area contributed by atoms with Gasteiger partial charge in [-0.25, -0.2) is 0 Å². The number of amides is 1. The summed E-state index contributed by atoms with van der Waals surface area (Å²) in [5.74, 6) is 0.729. The molecular formula is C21H32N2O3. The molecule has 2 fully saturated rings. The number of carbonyl (C=O) groups excluding carboxylic acids is 1. The summed E-state index contributed by atoms with van der Waals surface area (Å²) in [6.45, 7) is 6.91. The number of hydrogen-bond acceptors (Lipinski definition) is 4. The lowest BCUT2D eigenvalue weighted by Gasteiger charge is -2.37. The molecule has 2 atom stereocenters. The zero-order valence-electron chi connectivity index (χ0n) is 15.9. The van der Waals surface area contributed by atoms with E-state index in [1.54, 1.807) is 0 Å². The van der Waals surface area contributed by atoms with E-state index in [0.717, 1.165) is 37.2 Å². The van der Waals surface area contributed by atoms with Gasteiger partial charge in [0.05, 0.1) is 25.2 Å². The minimum atomic E-state index is -0.182. The normalized spacial score (nSPS) is 25.0. The molecule has 5 heteroatoms. The van der Waals surface area contributed by atoms with Crippen molar-refractivity contribution in [2.24, 2.45) is 11.3 Å². The lowest BCUT2D eigenvalue weighted by atomic mass is 9.67. The van der Waals surface area contributed by atoms with E-state index in [9.17, 15) is 4.79 Å². The van der Waals surface area contributed by atoms with Gasteiger partial charge in [-0.3, -0.25) is 4.79 Å². The summed E-state index contributed by atoms with van der Waals surface area (Å²) in [6.07, 6.45) is 4.62. The fraction of sp³-hybridized carbons (Fsp3) is 0.667. The van der Waals surface area contributed by atoms with Crippen LogP contribution in [0, 0.1) is 11.3 Å². The van der Waals surface area contributed by atoms with Gasteiger partial charge < -0.3 is 20.1 Å². The standard InChI is InChI=1S/C21H32N2O3/c1-2-25-10-11-26-15-18-7-5-6-17(12-18)13-23-20(24)21-9-4-3-8-19(21)14-22-16-21/h5-7,12,19,22H,2-4,8-11,13-16H2,1H3,(H,23,24)/t19-,21+/m0/s1. The van der Waals surface area contributed by atoms with E-state index in [4.69, 9.17) is 9.47 Å². The van der Waals surface area contributed by atoms with E-state index in [-0.39, 0.29) is 11.3 Å². The Labute approximate surface area is 156 Å². The average Bonchev–Trinajstić information content (AvgIpc) is 3.11. The highest BCUT2D eigenvalue weighted by Crippen LogP contribution is 2.43. The molecule has 1 aliphatic heterocycles. The molecule has 0 radical (unpaired) electrons. The Morgan fingerprint density at radius 3 is 3.00 bits per heavy atom. The molecule has 3 rings (SSSR count). The number of hydrogen-bond donors (Lipinski definition) is 2.